The molecule has 46 valence electrons. The van der Waals surface area contributed by atoms with Crippen molar-refractivity contribution in [2.24, 2.45) is 0 Å². The zero-order valence-electron chi connectivity index (χ0n) is 4.84. The summed E-state index contributed by atoms with van der Waals surface area (Å²) in [6.07, 6.45) is -0.438. The van der Waals surface area contributed by atoms with Crippen LogP contribution in [0.25, 0.3) is 0 Å². The Balaban J connectivity index is 3.47. The second-order valence-electron chi connectivity index (χ2n) is 1.06. The van der Waals surface area contributed by atoms with Gasteiger partial charge in [0.2, 0.25) is 6.29 Å². The van der Waals surface area contributed by atoms with E-state index in [0.29, 0.717) is 0 Å². The number of hydrogen-bond acceptors (Lipinski definition) is 3. The van der Waals surface area contributed by atoms with Crippen LogP contribution in [0.15, 0.2) is 0 Å². The zero-order chi connectivity index (χ0) is 6.41. The molecular weight excluding hydrogens is 124 g/mol. The average Bonchev–Trinajstić information content (AvgIpc) is 1.83. The molecule has 0 aliphatic rings. The minimum Gasteiger partial charge on any atom is -0.345 e. The van der Waals surface area contributed by atoms with E-state index in [2.05, 4.69) is 23.8 Å². The predicted molar refractivity (Wildman–Crippen MR) is 34.6 cm³/mol. The quantitative estimate of drug-likeness (QED) is 0.335. The van der Waals surface area contributed by atoms with Crippen LogP contribution in [0.4, 0.5) is 0 Å². The van der Waals surface area contributed by atoms with E-state index in [4.69, 9.17) is 9.47 Å². The molecule has 0 fully saturated rings. The van der Waals surface area contributed by atoms with E-state index in [-0.39, 0.29) is 0 Å². The maximum absolute atomic E-state index is 4.70. The molecule has 0 atom stereocenters. The topological polar surface area (TPSA) is 18.5 Å². The van der Waals surface area contributed by atoms with Crippen LogP contribution in [0.2, 0.25) is 0 Å². The fourth-order valence-electron chi connectivity index (χ4n) is 0.267. The van der Waals surface area contributed by atoms with Crippen molar-refractivity contribution in [2.45, 2.75) is 6.29 Å². The van der Waals surface area contributed by atoms with Gasteiger partial charge in [-0.1, -0.05) is 12.6 Å². The molecule has 0 saturated heterocycles. The zero-order valence-corrected chi connectivity index (χ0v) is 5.74. The van der Waals surface area contributed by atoms with E-state index >= 15 is 0 Å². The second-order valence-corrected chi connectivity index (χ2v) is 1.28. The third kappa shape index (κ3) is 2.92. The van der Waals surface area contributed by atoms with Crippen LogP contribution < -0.4 is 0 Å². The molecule has 0 saturated carbocycles. The van der Waals surface area contributed by atoms with Gasteiger partial charge in [-0.05, 0) is 11.2 Å². The summed E-state index contributed by atoms with van der Waals surface area (Å²) in [6, 6.07) is 0. The maximum Gasteiger partial charge on any atom is 0.222 e. The fraction of sp³-hybridized carbons (Fsp3) is 0.600. The van der Waals surface area contributed by atoms with Gasteiger partial charge in [0.1, 0.15) is 0 Å². The van der Waals surface area contributed by atoms with Crippen LogP contribution in [0.5, 0.6) is 0 Å². The van der Waals surface area contributed by atoms with Gasteiger partial charge in [-0.25, -0.2) is 0 Å². The van der Waals surface area contributed by atoms with Crippen molar-refractivity contribution in [1.29, 1.82) is 0 Å². The molecule has 0 heterocycles. The first-order valence-electron chi connectivity index (χ1n) is 2.05. The van der Waals surface area contributed by atoms with Crippen LogP contribution in [-0.4, -0.2) is 20.5 Å². The van der Waals surface area contributed by atoms with Gasteiger partial charge in [0.05, 0.1) is 0 Å². The van der Waals surface area contributed by atoms with E-state index < -0.39 is 6.29 Å². The highest BCUT2D eigenvalue weighted by molar-refractivity contribution is 7.85. The maximum atomic E-state index is 4.70. The summed E-state index contributed by atoms with van der Waals surface area (Å²) < 4.78 is 9.39. The van der Waals surface area contributed by atoms with Crippen molar-refractivity contribution in [3.8, 4) is 11.2 Å². The Morgan fingerprint density at radius 3 is 2.00 bits per heavy atom. The molecule has 0 aromatic rings. The highest BCUT2D eigenvalue weighted by Gasteiger charge is 1.94. The van der Waals surface area contributed by atoms with Crippen molar-refractivity contribution in [2.75, 3.05) is 14.2 Å². The lowest BCUT2D eigenvalue weighted by Gasteiger charge is -2.02. The van der Waals surface area contributed by atoms with Gasteiger partial charge >= 0.3 is 0 Å². The SMILES string of the molecule is COC(C#CS)OC. The smallest absolute Gasteiger partial charge is 0.222 e. The molecule has 0 radical (unpaired) electrons. The van der Waals surface area contributed by atoms with Crippen molar-refractivity contribution in [1.82, 2.24) is 0 Å². The number of hydrogen-bond donors (Lipinski definition) is 1. The number of ether oxygens (including phenoxy) is 2. The molecular formula is C5H8O2S. The molecule has 3 heteroatoms. The average molecular weight is 132 g/mol. The van der Waals surface area contributed by atoms with Gasteiger partial charge in [0.15, 0.2) is 0 Å². The van der Waals surface area contributed by atoms with Crippen molar-refractivity contribution in [3.63, 3.8) is 0 Å². The number of thiol groups is 1. The van der Waals surface area contributed by atoms with E-state index in [0.717, 1.165) is 0 Å². The minimum atomic E-state index is -0.438. The molecule has 0 amide bonds. The second kappa shape index (κ2) is 4.98. The molecule has 0 N–H and O–H groups in total. The van der Waals surface area contributed by atoms with Gasteiger partial charge in [-0.3, -0.25) is 0 Å². The van der Waals surface area contributed by atoms with Gasteiger partial charge in [-0.2, -0.15) is 0 Å². The minimum absolute atomic E-state index is 0.438. The lowest BCUT2D eigenvalue weighted by atomic mass is 10.7. The normalized spacial score (nSPS) is 8.50. The van der Waals surface area contributed by atoms with Crippen LogP contribution in [0, 0.1) is 11.2 Å². The van der Waals surface area contributed by atoms with Crippen LogP contribution >= 0.6 is 12.6 Å². The largest absolute Gasteiger partial charge is 0.345 e. The lowest BCUT2D eigenvalue weighted by Crippen LogP contribution is -2.08. The van der Waals surface area contributed by atoms with Crippen molar-refractivity contribution < 1.29 is 9.47 Å². The molecule has 0 spiro atoms. The Labute approximate surface area is 54.6 Å². The van der Waals surface area contributed by atoms with E-state index in [1.165, 1.54) is 14.2 Å². The van der Waals surface area contributed by atoms with Crippen molar-refractivity contribution in [3.05, 3.63) is 0 Å². The first kappa shape index (κ1) is 7.83. The van der Waals surface area contributed by atoms with Gasteiger partial charge in [-0.15, -0.1) is 0 Å². The molecule has 0 bridgehead atoms. The summed E-state index contributed by atoms with van der Waals surface area (Å²) >= 11 is 3.65. The summed E-state index contributed by atoms with van der Waals surface area (Å²) in [5, 5.41) is 2.36. The standard InChI is InChI=1S/C5H8O2S/c1-6-5(7-2)3-4-8/h5,8H,1-2H3. The predicted octanol–water partition coefficient (Wildman–Crippen LogP) is 0.496. The Morgan fingerprint density at radius 2 is 1.88 bits per heavy atom. The monoisotopic (exact) mass is 132 g/mol. The van der Waals surface area contributed by atoms with Gasteiger partial charge in [0.25, 0.3) is 0 Å². The molecule has 0 aliphatic carbocycles. The molecule has 8 heavy (non-hydrogen) atoms. The molecule has 0 aromatic heterocycles. The first-order chi connectivity index (χ1) is 3.85. The Hall–Kier alpha value is -0.170. The highest BCUT2D eigenvalue weighted by Crippen LogP contribution is 1.85. The first-order valence-corrected chi connectivity index (χ1v) is 2.50. The summed E-state index contributed by atoms with van der Waals surface area (Å²) in [5.74, 6) is 2.55. The molecule has 0 rings (SSSR count). The Kier molecular flexibility index (Phi) is 4.87. The van der Waals surface area contributed by atoms with Crippen molar-refractivity contribution >= 4 is 12.6 Å². The fourth-order valence-corrected chi connectivity index (χ4v) is 0.372. The number of methoxy groups -OCH3 is 2. The van der Waals surface area contributed by atoms with Crippen LogP contribution in [0.1, 0.15) is 0 Å². The Bertz CT molecular complexity index is 98.7. The van der Waals surface area contributed by atoms with E-state index in [1.54, 1.807) is 0 Å². The summed E-state index contributed by atoms with van der Waals surface area (Å²) in [6.45, 7) is 0. The summed E-state index contributed by atoms with van der Waals surface area (Å²) in [4.78, 5) is 0. The molecule has 0 aromatic carbocycles. The molecule has 0 aliphatic heterocycles. The van der Waals surface area contributed by atoms with E-state index in [9.17, 15) is 0 Å². The molecule has 0 unspecified atom stereocenters. The van der Waals surface area contributed by atoms with Gasteiger partial charge < -0.3 is 9.47 Å². The van der Waals surface area contributed by atoms with E-state index in [1.807, 2.05) is 0 Å². The number of rotatable bonds is 2. The lowest BCUT2D eigenvalue weighted by molar-refractivity contribution is -0.0594. The van der Waals surface area contributed by atoms with Crippen LogP contribution in [0.3, 0.4) is 0 Å². The third-order valence-electron chi connectivity index (χ3n) is 0.611. The summed E-state index contributed by atoms with van der Waals surface area (Å²) in [7, 11) is 3.04. The van der Waals surface area contributed by atoms with Crippen LogP contribution in [-0.2, 0) is 9.47 Å². The third-order valence-corrected chi connectivity index (χ3v) is 0.740. The Morgan fingerprint density at radius 1 is 1.38 bits per heavy atom. The highest BCUT2D eigenvalue weighted by atomic mass is 32.1. The van der Waals surface area contributed by atoms with Gasteiger partial charge in [0, 0.05) is 14.2 Å². The molecule has 2 nitrogen and oxygen atoms in total. The summed E-state index contributed by atoms with van der Waals surface area (Å²) in [5.41, 5.74) is 0.